The maximum absolute atomic E-state index is 6.16. The standard InChI is InChI=1S/C17H28N2O/c1-3-17(14-18,12-15-8-5-4-6-9-15)19(2)13-16-10-7-11-20-16/h4-6,8-9,16H,3,7,10-14,18H2,1-2H3. The largest absolute Gasteiger partial charge is 0.377 e. The Morgan fingerprint density at radius 2 is 2.10 bits per heavy atom. The van der Waals surface area contributed by atoms with E-state index in [1.165, 1.54) is 18.4 Å². The maximum atomic E-state index is 6.16. The van der Waals surface area contributed by atoms with Crippen molar-refractivity contribution in [1.82, 2.24) is 4.90 Å². The van der Waals surface area contributed by atoms with E-state index in [2.05, 4.69) is 49.2 Å². The van der Waals surface area contributed by atoms with E-state index in [4.69, 9.17) is 10.5 Å². The number of benzene rings is 1. The number of nitrogens with two attached hydrogens (primary N) is 1. The molecule has 112 valence electrons. The number of nitrogens with zero attached hydrogens (tertiary/aromatic N) is 1. The third kappa shape index (κ3) is 3.60. The van der Waals surface area contributed by atoms with Crippen LogP contribution in [0.4, 0.5) is 0 Å². The normalized spacial score (nSPS) is 22.1. The first kappa shape index (κ1) is 15.5. The fourth-order valence-corrected chi connectivity index (χ4v) is 3.17. The van der Waals surface area contributed by atoms with E-state index < -0.39 is 0 Å². The molecule has 0 spiro atoms. The van der Waals surface area contributed by atoms with Crippen LogP contribution in [0.25, 0.3) is 0 Å². The summed E-state index contributed by atoms with van der Waals surface area (Å²) in [7, 11) is 2.20. The Balaban J connectivity index is 2.06. The van der Waals surface area contributed by atoms with E-state index in [1.54, 1.807) is 0 Å². The van der Waals surface area contributed by atoms with Crippen LogP contribution in [0.3, 0.4) is 0 Å². The third-order valence-electron chi connectivity index (χ3n) is 4.73. The summed E-state index contributed by atoms with van der Waals surface area (Å²) in [4.78, 5) is 2.43. The van der Waals surface area contributed by atoms with E-state index in [0.29, 0.717) is 12.6 Å². The van der Waals surface area contributed by atoms with E-state index >= 15 is 0 Å². The van der Waals surface area contributed by atoms with Crippen molar-refractivity contribution >= 4 is 0 Å². The van der Waals surface area contributed by atoms with Gasteiger partial charge in [-0.25, -0.2) is 0 Å². The third-order valence-corrected chi connectivity index (χ3v) is 4.73. The second-order valence-electron chi connectivity index (χ2n) is 5.96. The van der Waals surface area contributed by atoms with Crippen LogP contribution in [0, 0.1) is 0 Å². The molecule has 1 fully saturated rings. The summed E-state index contributed by atoms with van der Waals surface area (Å²) in [6, 6.07) is 10.7. The molecular formula is C17H28N2O. The Labute approximate surface area is 123 Å². The molecule has 0 aromatic heterocycles. The van der Waals surface area contributed by atoms with Gasteiger partial charge in [0.25, 0.3) is 0 Å². The second kappa shape index (κ2) is 7.21. The summed E-state index contributed by atoms with van der Waals surface area (Å²) in [5, 5.41) is 0. The lowest BCUT2D eigenvalue weighted by molar-refractivity contribution is 0.0350. The molecule has 0 saturated carbocycles. The van der Waals surface area contributed by atoms with Gasteiger partial charge in [-0.05, 0) is 38.3 Å². The Morgan fingerprint density at radius 3 is 2.65 bits per heavy atom. The number of hydrogen-bond donors (Lipinski definition) is 1. The fraction of sp³-hybridized carbons (Fsp3) is 0.647. The fourth-order valence-electron chi connectivity index (χ4n) is 3.17. The first-order chi connectivity index (χ1) is 9.70. The van der Waals surface area contributed by atoms with Crippen molar-refractivity contribution in [3.05, 3.63) is 35.9 Å². The lowest BCUT2D eigenvalue weighted by atomic mass is 9.86. The Kier molecular flexibility index (Phi) is 5.58. The zero-order valence-electron chi connectivity index (χ0n) is 12.8. The van der Waals surface area contributed by atoms with Gasteiger partial charge >= 0.3 is 0 Å². The highest BCUT2D eigenvalue weighted by atomic mass is 16.5. The average molecular weight is 276 g/mol. The van der Waals surface area contributed by atoms with E-state index in [9.17, 15) is 0 Å². The monoisotopic (exact) mass is 276 g/mol. The highest BCUT2D eigenvalue weighted by Crippen LogP contribution is 2.25. The molecule has 0 bridgehead atoms. The zero-order chi connectivity index (χ0) is 14.4. The molecule has 1 aliphatic heterocycles. The van der Waals surface area contributed by atoms with Crippen LogP contribution >= 0.6 is 0 Å². The smallest absolute Gasteiger partial charge is 0.0702 e. The molecular weight excluding hydrogens is 248 g/mol. The lowest BCUT2D eigenvalue weighted by Gasteiger charge is -2.42. The maximum Gasteiger partial charge on any atom is 0.0702 e. The second-order valence-corrected chi connectivity index (χ2v) is 5.96. The van der Waals surface area contributed by atoms with Gasteiger partial charge in [-0.3, -0.25) is 4.90 Å². The van der Waals surface area contributed by atoms with Crippen molar-refractivity contribution in [2.24, 2.45) is 5.73 Å². The molecule has 0 radical (unpaired) electrons. The van der Waals surface area contributed by atoms with Gasteiger partial charge in [0.1, 0.15) is 0 Å². The molecule has 0 amide bonds. The van der Waals surface area contributed by atoms with Crippen LogP contribution in [0.1, 0.15) is 31.7 Å². The summed E-state index contributed by atoms with van der Waals surface area (Å²) in [5.74, 6) is 0. The predicted octanol–water partition coefficient (Wildman–Crippen LogP) is 2.45. The molecule has 3 heteroatoms. The van der Waals surface area contributed by atoms with Gasteiger partial charge in [0.2, 0.25) is 0 Å². The molecule has 1 aromatic carbocycles. The van der Waals surface area contributed by atoms with Crippen molar-refractivity contribution in [2.75, 3.05) is 26.7 Å². The first-order valence-electron chi connectivity index (χ1n) is 7.77. The Bertz CT molecular complexity index is 383. The molecule has 2 rings (SSSR count). The number of hydrogen-bond acceptors (Lipinski definition) is 3. The van der Waals surface area contributed by atoms with Crippen molar-refractivity contribution in [2.45, 2.75) is 44.2 Å². The molecule has 0 aliphatic carbocycles. The van der Waals surface area contributed by atoms with Crippen molar-refractivity contribution < 1.29 is 4.74 Å². The topological polar surface area (TPSA) is 38.5 Å². The number of ether oxygens (including phenoxy) is 1. The summed E-state index contributed by atoms with van der Waals surface area (Å²) < 4.78 is 5.78. The molecule has 3 nitrogen and oxygen atoms in total. The van der Waals surface area contributed by atoms with Crippen LogP contribution in [-0.4, -0.2) is 43.3 Å². The first-order valence-corrected chi connectivity index (χ1v) is 7.77. The van der Waals surface area contributed by atoms with Gasteiger partial charge in [-0.1, -0.05) is 37.3 Å². The van der Waals surface area contributed by atoms with Crippen molar-refractivity contribution in [1.29, 1.82) is 0 Å². The lowest BCUT2D eigenvalue weighted by Crippen LogP contribution is -2.55. The molecule has 1 heterocycles. The summed E-state index contributed by atoms with van der Waals surface area (Å²) in [6.07, 6.45) is 4.82. The Hall–Kier alpha value is -0.900. The van der Waals surface area contributed by atoms with Crippen LogP contribution in [0.15, 0.2) is 30.3 Å². The quantitative estimate of drug-likeness (QED) is 0.831. The average Bonchev–Trinajstić information content (AvgIpc) is 2.99. The van der Waals surface area contributed by atoms with Gasteiger partial charge < -0.3 is 10.5 Å². The van der Waals surface area contributed by atoms with E-state index in [1.807, 2.05) is 0 Å². The minimum atomic E-state index is 0.0350. The number of rotatable bonds is 7. The summed E-state index contributed by atoms with van der Waals surface area (Å²) in [5.41, 5.74) is 7.55. The minimum Gasteiger partial charge on any atom is -0.377 e. The molecule has 1 aliphatic rings. The van der Waals surface area contributed by atoms with Gasteiger partial charge in [0.15, 0.2) is 0 Å². The minimum absolute atomic E-state index is 0.0350. The SMILES string of the molecule is CCC(CN)(Cc1ccccc1)N(C)CC1CCCO1. The van der Waals surface area contributed by atoms with Gasteiger partial charge in [0, 0.05) is 25.2 Å². The highest BCUT2D eigenvalue weighted by molar-refractivity contribution is 5.18. The Morgan fingerprint density at radius 1 is 1.35 bits per heavy atom. The molecule has 2 atom stereocenters. The molecule has 2 N–H and O–H groups in total. The van der Waals surface area contributed by atoms with Gasteiger partial charge in [-0.2, -0.15) is 0 Å². The molecule has 2 unspecified atom stereocenters. The highest BCUT2D eigenvalue weighted by Gasteiger charge is 2.33. The van der Waals surface area contributed by atoms with Crippen LogP contribution < -0.4 is 5.73 Å². The van der Waals surface area contributed by atoms with E-state index in [-0.39, 0.29) is 5.54 Å². The summed E-state index contributed by atoms with van der Waals surface area (Å²) in [6.45, 7) is 4.82. The summed E-state index contributed by atoms with van der Waals surface area (Å²) >= 11 is 0. The van der Waals surface area contributed by atoms with Crippen LogP contribution in [0.5, 0.6) is 0 Å². The van der Waals surface area contributed by atoms with E-state index in [0.717, 1.165) is 26.0 Å². The molecule has 1 saturated heterocycles. The van der Waals surface area contributed by atoms with Crippen molar-refractivity contribution in [3.63, 3.8) is 0 Å². The predicted molar refractivity (Wildman–Crippen MR) is 83.8 cm³/mol. The molecule has 20 heavy (non-hydrogen) atoms. The van der Waals surface area contributed by atoms with Crippen LogP contribution in [-0.2, 0) is 11.2 Å². The van der Waals surface area contributed by atoms with Gasteiger partial charge in [-0.15, -0.1) is 0 Å². The zero-order valence-corrected chi connectivity index (χ0v) is 12.8. The van der Waals surface area contributed by atoms with Crippen molar-refractivity contribution in [3.8, 4) is 0 Å². The molecule has 1 aromatic rings. The number of likely N-dealkylation sites (N-methyl/N-ethyl adjacent to an activating group) is 1. The van der Waals surface area contributed by atoms with Gasteiger partial charge in [0.05, 0.1) is 6.10 Å². The van der Waals surface area contributed by atoms with Crippen LogP contribution in [0.2, 0.25) is 0 Å².